The van der Waals surface area contributed by atoms with Gasteiger partial charge in [-0.25, -0.2) is 9.18 Å². The van der Waals surface area contributed by atoms with Gasteiger partial charge in [0, 0.05) is 13.1 Å². The molecule has 0 heterocycles. The van der Waals surface area contributed by atoms with Gasteiger partial charge in [-0.05, 0) is 35.7 Å². The van der Waals surface area contributed by atoms with Crippen LogP contribution in [0.15, 0.2) is 48.5 Å². The van der Waals surface area contributed by atoms with Crippen LogP contribution in [0.3, 0.4) is 0 Å². The van der Waals surface area contributed by atoms with Crippen LogP contribution in [-0.4, -0.2) is 6.03 Å². The minimum absolute atomic E-state index is 0.238. The molecular weight excluding hydrogens is 255 g/mol. The van der Waals surface area contributed by atoms with Gasteiger partial charge < -0.3 is 10.6 Å². The summed E-state index contributed by atoms with van der Waals surface area (Å²) in [4.78, 5) is 11.7. The number of benzene rings is 2. The molecule has 0 saturated carbocycles. The molecule has 4 heteroatoms. The Kier molecular flexibility index (Phi) is 4.71. The zero-order chi connectivity index (χ0) is 14.4. The molecule has 2 N–H and O–H groups in total. The summed E-state index contributed by atoms with van der Waals surface area (Å²) in [7, 11) is 0. The maximum absolute atomic E-state index is 12.7. The zero-order valence-corrected chi connectivity index (χ0v) is 11.3. The van der Waals surface area contributed by atoms with Gasteiger partial charge in [0.15, 0.2) is 0 Å². The van der Waals surface area contributed by atoms with E-state index in [-0.39, 0.29) is 11.8 Å². The molecule has 20 heavy (non-hydrogen) atoms. The van der Waals surface area contributed by atoms with E-state index in [4.69, 9.17) is 0 Å². The number of carbonyl (C=O) groups excluding carboxylic acids is 1. The van der Waals surface area contributed by atoms with E-state index in [1.165, 1.54) is 12.1 Å². The minimum Gasteiger partial charge on any atom is -0.334 e. The van der Waals surface area contributed by atoms with Gasteiger partial charge in [0.1, 0.15) is 5.82 Å². The molecule has 0 spiro atoms. The normalized spacial score (nSPS) is 10.1. The number of hydrogen-bond acceptors (Lipinski definition) is 1. The van der Waals surface area contributed by atoms with Gasteiger partial charge in [0.25, 0.3) is 0 Å². The largest absolute Gasteiger partial charge is 0.334 e. The third-order valence-corrected chi connectivity index (χ3v) is 3.07. The van der Waals surface area contributed by atoms with Crippen molar-refractivity contribution in [1.29, 1.82) is 0 Å². The molecule has 2 rings (SSSR count). The highest BCUT2D eigenvalue weighted by Gasteiger charge is 2.02. The molecule has 104 valence electrons. The number of amides is 2. The molecule has 0 aliphatic heterocycles. The van der Waals surface area contributed by atoms with Crippen molar-refractivity contribution < 1.29 is 9.18 Å². The van der Waals surface area contributed by atoms with E-state index in [1.807, 2.05) is 31.2 Å². The summed E-state index contributed by atoms with van der Waals surface area (Å²) in [5, 5.41) is 5.53. The number of rotatable bonds is 4. The molecule has 2 aromatic carbocycles. The lowest BCUT2D eigenvalue weighted by Gasteiger charge is -2.09. The smallest absolute Gasteiger partial charge is 0.315 e. The molecule has 0 aromatic heterocycles. The molecule has 2 aromatic rings. The van der Waals surface area contributed by atoms with E-state index in [2.05, 4.69) is 10.6 Å². The number of aryl methyl sites for hydroxylation is 1. The Hall–Kier alpha value is -2.36. The van der Waals surface area contributed by atoms with Crippen molar-refractivity contribution in [2.75, 3.05) is 0 Å². The quantitative estimate of drug-likeness (QED) is 0.882. The first kappa shape index (κ1) is 14.1. The molecule has 0 radical (unpaired) electrons. The van der Waals surface area contributed by atoms with E-state index < -0.39 is 0 Å². The van der Waals surface area contributed by atoms with Crippen LogP contribution in [0.5, 0.6) is 0 Å². The van der Waals surface area contributed by atoms with E-state index >= 15 is 0 Å². The fourth-order valence-corrected chi connectivity index (χ4v) is 1.83. The summed E-state index contributed by atoms with van der Waals surface area (Å²) >= 11 is 0. The maximum Gasteiger partial charge on any atom is 0.315 e. The van der Waals surface area contributed by atoms with Crippen LogP contribution in [0.25, 0.3) is 0 Å². The molecule has 0 atom stereocenters. The Bertz CT molecular complexity index is 581. The van der Waals surface area contributed by atoms with Crippen LogP contribution < -0.4 is 10.6 Å². The molecule has 0 aliphatic rings. The van der Waals surface area contributed by atoms with Crippen molar-refractivity contribution in [3.05, 3.63) is 71.0 Å². The molecule has 0 saturated heterocycles. The van der Waals surface area contributed by atoms with Crippen molar-refractivity contribution in [2.24, 2.45) is 0 Å². The van der Waals surface area contributed by atoms with Crippen molar-refractivity contribution in [2.45, 2.75) is 20.0 Å². The van der Waals surface area contributed by atoms with Gasteiger partial charge in [-0.15, -0.1) is 0 Å². The van der Waals surface area contributed by atoms with Crippen LogP contribution >= 0.6 is 0 Å². The average Bonchev–Trinajstić information content (AvgIpc) is 2.46. The summed E-state index contributed by atoms with van der Waals surface area (Å²) < 4.78 is 12.7. The molecule has 0 bridgehead atoms. The molecule has 0 aliphatic carbocycles. The highest BCUT2D eigenvalue weighted by Crippen LogP contribution is 2.06. The zero-order valence-electron chi connectivity index (χ0n) is 11.3. The number of carbonyl (C=O) groups is 1. The second kappa shape index (κ2) is 6.70. The lowest BCUT2D eigenvalue weighted by molar-refractivity contribution is 0.240. The predicted molar refractivity (Wildman–Crippen MR) is 76.7 cm³/mol. The Labute approximate surface area is 117 Å². The van der Waals surface area contributed by atoms with Gasteiger partial charge >= 0.3 is 6.03 Å². The summed E-state index contributed by atoms with van der Waals surface area (Å²) in [5.41, 5.74) is 3.09. The topological polar surface area (TPSA) is 41.1 Å². The first-order valence-electron chi connectivity index (χ1n) is 6.46. The third-order valence-electron chi connectivity index (χ3n) is 3.07. The lowest BCUT2D eigenvalue weighted by Crippen LogP contribution is -2.34. The van der Waals surface area contributed by atoms with Crippen LogP contribution in [0.4, 0.5) is 9.18 Å². The monoisotopic (exact) mass is 272 g/mol. The van der Waals surface area contributed by atoms with E-state index in [1.54, 1.807) is 12.1 Å². The number of halogens is 1. The van der Waals surface area contributed by atoms with Gasteiger partial charge in [0.05, 0.1) is 0 Å². The van der Waals surface area contributed by atoms with Gasteiger partial charge in [-0.3, -0.25) is 0 Å². The molecule has 2 amide bonds. The first-order chi connectivity index (χ1) is 9.65. The maximum atomic E-state index is 12.7. The van der Waals surface area contributed by atoms with Crippen molar-refractivity contribution in [1.82, 2.24) is 10.6 Å². The minimum atomic E-state index is -0.280. The highest BCUT2D eigenvalue weighted by molar-refractivity contribution is 5.73. The molecule has 3 nitrogen and oxygen atoms in total. The van der Waals surface area contributed by atoms with E-state index in [0.717, 1.165) is 16.7 Å². The second-order valence-corrected chi connectivity index (χ2v) is 4.59. The second-order valence-electron chi connectivity index (χ2n) is 4.59. The van der Waals surface area contributed by atoms with Crippen LogP contribution in [0, 0.1) is 12.7 Å². The standard InChI is InChI=1S/C16H17FN2O/c1-12-4-2-3-5-14(12)11-19-16(20)18-10-13-6-8-15(17)9-7-13/h2-9H,10-11H2,1H3,(H2,18,19,20). The first-order valence-corrected chi connectivity index (χ1v) is 6.46. The fourth-order valence-electron chi connectivity index (χ4n) is 1.83. The van der Waals surface area contributed by atoms with Gasteiger partial charge in [-0.1, -0.05) is 36.4 Å². The Balaban J connectivity index is 1.78. The molecule has 0 unspecified atom stereocenters. The third kappa shape index (κ3) is 4.09. The summed E-state index contributed by atoms with van der Waals surface area (Å²) in [6.45, 7) is 2.87. The molecule has 0 fully saturated rings. The van der Waals surface area contributed by atoms with Crippen LogP contribution in [0.2, 0.25) is 0 Å². The predicted octanol–water partition coefficient (Wildman–Crippen LogP) is 3.13. The molecular formula is C16H17FN2O. The van der Waals surface area contributed by atoms with Crippen molar-refractivity contribution >= 4 is 6.03 Å². The Morgan fingerprint density at radius 3 is 2.35 bits per heavy atom. The summed E-state index contributed by atoms with van der Waals surface area (Å²) in [6.07, 6.45) is 0. The summed E-state index contributed by atoms with van der Waals surface area (Å²) in [6, 6.07) is 13.7. The van der Waals surface area contributed by atoms with Crippen molar-refractivity contribution in [3.63, 3.8) is 0 Å². The number of urea groups is 1. The average molecular weight is 272 g/mol. The van der Waals surface area contributed by atoms with Crippen LogP contribution in [0.1, 0.15) is 16.7 Å². The Morgan fingerprint density at radius 2 is 1.65 bits per heavy atom. The summed E-state index contributed by atoms with van der Waals surface area (Å²) in [5.74, 6) is -0.280. The Morgan fingerprint density at radius 1 is 1.00 bits per heavy atom. The van der Waals surface area contributed by atoms with E-state index in [9.17, 15) is 9.18 Å². The van der Waals surface area contributed by atoms with E-state index in [0.29, 0.717) is 13.1 Å². The fraction of sp³-hybridized carbons (Fsp3) is 0.188. The lowest BCUT2D eigenvalue weighted by atomic mass is 10.1. The van der Waals surface area contributed by atoms with Crippen LogP contribution in [-0.2, 0) is 13.1 Å². The number of nitrogens with one attached hydrogen (secondary N) is 2. The van der Waals surface area contributed by atoms with Crippen molar-refractivity contribution in [3.8, 4) is 0 Å². The van der Waals surface area contributed by atoms with Gasteiger partial charge in [0.2, 0.25) is 0 Å². The van der Waals surface area contributed by atoms with Gasteiger partial charge in [-0.2, -0.15) is 0 Å². The SMILES string of the molecule is Cc1ccccc1CNC(=O)NCc1ccc(F)cc1. The number of hydrogen-bond donors (Lipinski definition) is 2. The highest BCUT2D eigenvalue weighted by atomic mass is 19.1.